The fraction of sp³-hybridized carbons (Fsp3) is 0.0526. The molecule has 0 aromatic heterocycles. The van der Waals surface area contributed by atoms with Gasteiger partial charge in [-0.05, 0) is 23.3 Å². The van der Waals surface area contributed by atoms with Gasteiger partial charge in [0.1, 0.15) is 0 Å². The molecule has 0 heterocycles. The van der Waals surface area contributed by atoms with Crippen molar-refractivity contribution in [2.24, 2.45) is 0 Å². The molecule has 2 N–H and O–H groups in total. The Morgan fingerprint density at radius 2 is 1.04 bits per heavy atom. The van der Waals surface area contributed by atoms with E-state index in [4.69, 9.17) is 0 Å². The highest BCUT2D eigenvalue weighted by Crippen LogP contribution is 2.10. The highest BCUT2D eigenvalue weighted by molar-refractivity contribution is 6.18. The van der Waals surface area contributed by atoms with Gasteiger partial charge in [-0.15, -0.1) is 0 Å². The second kappa shape index (κ2) is 7.45. The number of hydrogen-bond donors (Lipinski definition) is 2. The van der Waals surface area contributed by atoms with E-state index in [0.717, 1.165) is 12.2 Å². The van der Waals surface area contributed by atoms with Crippen molar-refractivity contribution in [3.8, 4) is 0 Å². The predicted molar refractivity (Wildman–Crippen MR) is 88.1 cm³/mol. The topological polar surface area (TPSA) is 74.6 Å². The van der Waals surface area contributed by atoms with E-state index in [1.165, 1.54) is 12.2 Å². The van der Waals surface area contributed by atoms with Gasteiger partial charge in [0.15, 0.2) is 0 Å². The quantitative estimate of drug-likeness (QED) is 0.487. The fourth-order valence-electron chi connectivity index (χ4n) is 1.83. The van der Waals surface area contributed by atoms with Crippen LogP contribution in [0.2, 0.25) is 0 Å². The Labute approximate surface area is 134 Å². The van der Waals surface area contributed by atoms with Crippen LogP contribution in [0, 0.1) is 0 Å². The number of rotatable bonds is 6. The van der Waals surface area contributed by atoms with Gasteiger partial charge in [0, 0.05) is 0 Å². The summed E-state index contributed by atoms with van der Waals surface area (Å²) in [7, 11) is 0. The molecule has 23 heavy (non-hydrogen) atoms. The van der Waals surface area contributed by atoms with Crippen LogP contribution in [0.1, 0.15) is 11.1 Å². The molecule has 0 aliphatic heterocycles. The number of benzene rings is 2. The molecule has 0 spiro atoms. The summed E-state index contributed by atoms with van der Waals surface area (Å²) >= 11 is 0. The van der Waals surface area contributed by atoms with E-state index in [2.05, 4.69) is 0 Å². The van der Waals surface area contributed by atoms with E-state index in [9.17, 15) is 19.8 Å². The zero-order valence-electron chi connectivity index (χ0n) is 12.3. The molecular formula is C19H16O4. The van der Waals surface area contributed by atoms with Crippen molar-refractivity contribution in [3.63, 3.8) is 0 Å². The van der Waals surface area contributed by atoms with Crippen molar-refractivity contribution in [2.75, 3.05) is 0 Å². The van der Waals surface area contributed by atoms with Crippen LogP contribution in [0.25, 0.3) is 12.2 Å². The number of ketones is 2. The summed E-state index contributed by atoms with van der Waals surface area (Å²) in [5.41, 5.74) is 1.42. The van der Waals surface area contributed by atoms with Crippen molar-refractivity contribution in [2.45, 2.75) is 5.79 Å². The van der Waals surface area contributed by atoms with Gasteiger partial charge in [0.05, 0.1) is 0 Å². The molecular weight excluding hydrogens is 292 g/mol. The average Bonchev–Trinajstić information content (AvgIpc) is 2.59. The van der Waals surface area contributed by atoms with E-state index in [0.29, 0.717) is 11.1 Å². The molecule has 0 saturated heterocycles. The van der Waals surface area contributed by atoms with Gasteiger partial charge in [-0.3, -0.25) is 9.59 Å². The first kappa shape index (κ1) is 16.5. The monoisotopic (exact) mass is 308 g/mol. The Balaban J connectivity index is 2.07. The van der Waals surface area contributed by atoms with Gasteiger partial charge in [0.25, 0.3) is 5.79 Å². The minimum Gasteiger partial charge on any atom is -0.353 e. The average molecular weight is 308 g/mol. The lowest BCUT2D eigenvalue weighted by Crippen LogP contribution is -2.44. The summed E-state index contributed by atoms with van der Waals surface area (Å²) in [6, 6.07) is 17.8. The van der Waals surface area contributed by atoms with Crippen molar-refractivity contribution >= 4 is 23.7 Å². The molecule has 0 atom stereocenters. The number of hydrogen-bond acceptors (Lipinski definition) is 4. The van der Waals surface area contributed by atoms with Gasteiger partial charge in [-0.25, -0.2) is 0 Å². The van der Waals surface area contributed by atoms with Crippen LogP contribution < -0.4 is 0 Å². The summed E-state index contributed by atoms with van der Waals surface area (Å²) in [5.74, 6) is -5.26. The Kier molecular flexibility index (Phi) is 5.36. The van der Waals surface area contributed by atoms with Crippen molar-refractivity contribution in [3.05, 3.63) is 83.9 Å². The number of carbonyl (C=O) groups excluding carboxylic acids is 2. The lowest BCUT2D eigenvalue weighted by molar-refractivity contribution is -0.182. The van der Waals surface area contributed by atoms with E-state index < -0.39 is 17.4 Å². The molecule has 0 bridgehead atoms. The largest absolute Gasteiger partial charge is 0.353 e. The van der Waals surface area contributed by atoms with Crippen LogP contribution in [0.5, 0.6) is 0 Å². The molecule has 0 radical (unpaired) electrons. The van der Waals surface area contributed by atoms with Gasteiger partial charge >= 0.3 is 0 Å². The first-order chi connectivity index (χ1) is 11.0. The molecule has 4 nitrogen and oxygen atoms in total. The van der Waals surface area contributed by atoms with Crippen molar-refractivity contribution in [1.82, 2.24) is 0 Å². The van der Waals surface area contributed by atoms with Crippen LogP contribution in [0.3, 0.4) is 0 Å². The molecule has 2 aromatic carbocycles. The van der Waals surface area contributed by atoms with Gasteiger partial charge < -0.3 is 10.2 Å². The zero-order valence-corrected chi connectivity index (χ0v) is 12.3. The summed E-state index contributed by atoms with van der Waals surface area (Å²) in [5, 5.41) is 19.5. The normalized spacial score (nSPS) is 11.9. The second-order valence-corrected chi connectivity index (χ2v) is 4.89. The van der Waals surface area contributed by atoms with E-state index in [1.54, 1.807) is 48.5 Å². The highest BCUT2D eigenvalue weighted by Gasteiger charge is 2.38. The maximum Gasteiger partial charge on any atom is 0.293 e. The summed E-state index contributed by atoms with van der Waals surface area (Å²) < 4.78 is 0. The number of aliphatic hydroxyl groups is 2. The molecule has 0 aliphatic carbocycles. The first-order valence-electron chi connectivity index (χ1n) is 7.00. The van der Waals surface area contributed by atoms with Gasteiger partial charge in [-0.2, -0.15) is 0 Å². The first-order valence-corrected chi connectivity index (χ1v) is 7.00. The van der Waals surface area contributed by atoms with Crippen molar-refractivity contribution < 1.29 is 19.8 Å². The second-order valence-electron chi connectivity index (χ2n) is 4.89. The molecule has 0 saturated carbocycles. The molecule has 2 rings (SSSR count). The zero-order chi connectivity index (χ0) is 16.7. The number of carbonyl (C=O) groups is 2. The molecule has 0 unspecified atom stereocenters. The molecule has 2 aromatic rings. The minimum absolute atomic E-state index is 0.712. The fourth-order valence-corrected chi connectivity index (χ4v) is 1.83. The smallest absolute Gasteiger partial charge is 0.293 e. The highest BCUT2D eigenvalue weighted by atomic mass is 16.5. The van der Waals surface area contributed by atoms with Gasteiger partial charge in [-0.1, -0.05) is 72.8 Å². The van der Waals surface area contributed by atoms with Crippen molar-refractivity contribution in [1.29, 1.82) is 0 Å². The predicted octanol–water partition coefficient (Wildman–Crippen LogP) is 2.23. The third-order valence-electron chi connectivity index (χ3n) is 3.14. The summed E-state index contributed by atoms with van der Waals surface area (Å²) in [6.45, 7) is 0. The SMILES string of the molecule is O=C(/C=C/c1ccccc1)C(O)(O)C(=O)/C=C/c1ccccc1. The molecule has 0 aliphatic rings. The van der Waals surface area contributed by atoms with Crippen LogP contribution >= 0.6 is 0 Å². The molecule has 0 fully saturated rings. The standard InChI is InChI=1S/C19H16O4/c20-17(13-11-15-7-3-1-4-8-15)19(22,23)18(21)14-12-16-9-5-2-6-10-16/h1-14,22-23H/b13-11+,14-12+. The van der Waals surface area contributed by atoms with E-state index in [1.807, 2.05) is 12.1 Å². The Morgan fingerprint density at radius 1 is 0.696 bits per heavy atom. The lowest BCUT2D eigenvalue weighted by atomic mass is 10.0. The van der Waals surface area contributed by atoms with Crippen LogP contribution in [-0.4, -0.2) is 27.6 Å². The van der Waals surface area contributed by atoms with E-state index >= 15 is 0 Å². The van der Waals surface area contributed by atoms with Gasteiger partial charge in [0.2, 0.25) is 11.6 Å². The van der Waals surface area contributed by atoms with Crippen LogP contribution in [0.4, 0.5) is 0 Å². The molecule has 0 amide bonds. The molecule has 4 heteroatoms. The minimum atomic E-state index is -3.07. The maximum absolute atomic E-state index is 11.8. The summed E-state index contributed by atoms with van der Waals surface area (Å²) in [4.78, 5) is 23.7. The third-order valence-corrected chi connectivity index (χ3v) is 3.14. The Morgan fingerprint density at radius 3 is 1.39 bits per heavy atom. The Hall–Kier alpha value is -2.82. The molecule has 116 valence electrons. The van der Waals surface area contributed by atoms with E-state index in [-0.39, 0.29) is 0 Å². The van der Waals surface area contributed by atoms with Crippen LogP contribution in [0.15, 0.2) is 72.8 Å². The third kappa shape index (κ3) is 4.57. The lowest BCUT2D eigenvalue weighted by Gasteiger charge is -2.14. The Bertz CT molecular complexity index is 665. The maximum atomic E-state index is 11.8. The van der Waals surface area contributed by atoms with Crippen LogP contribution in [-0.2, 0) is 9.59 Å². The summed E-state index contributed by atoms with van der Waals surface area (Å²) in [6.07, 6.45) is 4.78.